The number of carbonyl (C=O) groups excluding carboxylic acids is 1. The van der Waals surface area contributed by atoms with E-state index in [1.54, 1.807) is 0 Å². The van der Waals surface area contributed by atoms with Crippen LogP contribution in [0, 0.1) is 17.3 Å². The molecule has 2 aliphatic rings. The first kappa shape index (κ1) is 21.0. The third-order valence-electron chi connectivity index (χ3n) is 5.95. The van der Waals surface area contributed by atoms with Crippen LogP contribution in [0.5, 0.6) is 0 Å². The van der Waals surface area contributed by atoms with Crippen molar-refractivity contribution in [1.82, 2.24) is 15.6 Å². The number of hydrogen-bond donors (Lipinski definition) is 3. The van der Waals surface area contributed by atoms with Gasteiger partial charge in [-0.05, 0) is 49.3 Å². The first-order chi connectivity index (χ1) is 12.9. The van der Waals surface area contributed by atoms with Crippen LogP contribution in [0.4, 0.5) is 13.2 Å². The molecule has 0 radical (unpaired) electrons. The quantitative estimate of drug-likeness (QED) is 0.729. The Kier molecular flexibility index (Phi) is 5.49. The lowest BCUT2D eigenvalue weighted by molar-refractivity contribution is -0.138. The Morgan fingerprint density at radius 3 is 2.64 bits per heavy atom. The van der Waals surface area contributed by atoms with Crippen LogP contribution in [-0.2, 0) is 16.5 Å². The van der Waals surface area contributed by atoms with Crippen molar-refractivity contribution in [3.63, 3.8) is 0 Å². The van der Waals surface area contributed by atoms with Crippen molar-refractivity contribution in [1.29, 1.82) is 0 Å². The zero-order valence-corrected chi connectivity index (χ0v) is 16.6. The minimum Gasteiger partial charge on any atom is -0.343 e. The molecule has 2 heterocycles. The van der Waals surface area contributed by atoms with Gasteiger partial charge in [0.05, 0.1) is 22.8 Å². The zero-order chi connectivity index (χ0) is 20.7. The monoisotopic (exact) mass is 398 g/mol. The molecule has 0 bridgehead atoms. The summed E-state index contributed by atoms with van der Waals surface area (Å²) < 4.78 is 38.8. The molecule has 0 spiro atoms. The molecular weight excluding hydrogens is 369 g/mol. The number of nitrogens with two attached hydrogens (primary N) is 1. The van der Waals surface area contributed by atoms with Gasteiger partial charge in [0.1, 0.15) is 0 Å². The summed E-state index contributed by atoms with van der Waals surface area (Å²) in [5.74, 6) is 0.176. The van der Waals surface area contributed by atoms with Gasteiger partial charge in [0.2, 0.25) is 5.91 Å². The molecule has 0 aromatic carbocycles. The molecule has 8 heteroatoms. The molecule has 1 aromatic rings. The zero-order valence-electron chi connectivity index (χ0n) is 16.6. The molecule has 156 valence electrons. The van der Waals surface area contributed by atoms with E-state index in [0.29, 0.717) is 31.0 Å². The van der Waals surface area contributed by atoms with Crippen LogP contribution in [-0.4, -0.2) is 30.0 Å². The van der Waals surface area contributed by atoms with Crippen molar-refractivity contribution in [2.75, 3.05) is 13.1 Å². The number of amides is 1. The number of fused-ring (bicyclic) bond motifs is 1. The van der Waals surface area contributed by atoms with Crippen LogP contribution >= 0.6 is 0 Å². The van der Waals surface area contributed by atoms with Gasteiger partial charge in [0.25, 0.3) is 0 Å². The molecule has 1 aliphatic carbocycles. The number of nitrogens with zero attached hydrogens (tertiary/aromatic N) is 1. The van der Waals surface area contributed by atoms with E-state index in [-0.39, 0.29) is 17.2 Å². The highest BCUT2D eigenvalue weighted by atomic mass is 19.4. The lowest BCUT2D eigenvalue weighted by atomic mass is 9.80. The van der Waals surface area contributed by atoms with Crippen LogP contribution in [0.15, 0.2) is 18.3 Å². The summed E-state index contributed by atoms with van der Waals surface area (Å²) in [6.45, 7) is 7.58. The second-order valence-electron chi connectivity index (χ2n) is 9.33. The Morgan fingerprint density at radius 1 is 1.36 bits per heavy atom. The van der Waals surface area contributed by atoms with Crippen LogP contribution in [0.1, 0.15) is 51.3 Å². The van der Waals surface area contributed by atoms with E-state index in [9.17, 15) is 18.0 Å². The van der Waals surface area contributed by atoms with Gasteiger partial charge >= 0.3 is 6.18 Å². The summed E-state index contributed by atoms with van der Waals surface area (Å²) in [6.07, 6.45) is -1.54. The summed E-state index contributed by atoms with van der Waals surface area (Å²) >= 11 is 0. The number of halogens is 3. The summed E-state index contributed by atoms with van der Waals surface area (Å²) in [5.41, 5.74) is 4.93. The number of alkyl halides is 3. The molecule has 1 saturated carbocycles. The smallest absolute Gasteiger partial charge is 0.343 e. The minimum absolute atomic E-state index is 0.0857. The topological polar surface area (TPSA) is 80.0 Å². The average Bonchev–Trinajstić information content (AvgIpc) is 3.17. The van der Waals surface area contributed by atoms with Gasteiger partial charge in [0, 0.05) is 18.7 Å². The molecular formula is C20H29F3N4O. The van der Waals surface area contributed by atoms with Gasteiger partial charge in [0.15, 0.2) is 0 Å². The Bertz CT molecular complexity index is 714. The predicted octanol–water partition coefficient (Wildman–Crippen LogP) is 2.80. The second kappa shape index (κ2) is 7.30. The van der Waals surface area contributed by atoms with Crippen molar-refractivity contribution < 1.29 is 18.0 Å². The largest absolute Gasteiger partial charge is 0.417 e. The predicted molar refractivity (Wildman–Crippen MR) is 100 cm³/mol. The first-order valence-electron chi connectivity index (χ1n) is 9.74. The van der Waals surface area contributed by atoms with Gasteiger partial charge in [-0.3, -0.25) is 9.78 Å². The first-order valence-corrected chi connectivity index (χ1v) is 9.74. The lowest BCUT2D eigenvalue weighted by Gasteiger charge is -2.37. The molecule has 1 aromatic heterocycles. The standard InChI is InChI=1S/C20H29F3N4O/c1-18(2,3)8-15(24)17(28)27-19(7-6-12-9-25-11-14(12)19)16-5-4-13(10-26-16)20(21,22)23/h4-5,10,12,14-15,25H,6-9,11,24H2,1-3H3,(H,27,28)/t12-,14+,15+,19+/m1/s1. The number of pyridine rings is 1. The second-order valence-corrected chi connectivity index (χ2v) is 9.33. The van der Waals surface area contributed by atoms with Crippen LogP contribution in [0.2, 0.25) is 0 Å². The molecule has 1 saturated heterocycles. The van der Waals surface area contributed by atoms with Gasteiger partial charge in [-0.15, -0.1) is 0 Å². The fourth-order valence-electron chi connectivity index (χ4n) is 4.64. The maximum Gasteiger partial charge on any atom is 0.417 e. The van der Waals surface area contributed by atoms with E-state index >= 15 is 0 Å². The van der Waals surface area contributed by atoms with E-state index < -0.39 is 23.3 Å². The molecule has 5 nitrogen and oxygen atoms in total. The van der Waals surface area contributed by atoms with Crippen molar-refractivity contribution in [3.05, 3.63) is 29.6 Å². The van der Waals surface area contributed by atoms with E-state index in [2.05, 4.69) is 15.6 Å². The van der Waals surface area contributed by atoms with Crippen LogP contribution in [0.3, 0.4) is 0 Å². The fourth-order valence-corrected chi connectivity index (χ4v) is 4.64. The van der Waals surface area contributed by atoms with E-state index in [0.717, 1.165) is 25.2 Å². The number of hydrogen-bond acceptors (Lipinski definition) is 4. The Morgan fingerprint density at radius 2 is 2.07 bits per heavy atom. The van der Waals surface area contributed by atoms with Gasteiger partial charge in [-0.25, -0.2) is 0 Å². The van der Waals surface area contributed by atoms with Gasteiger partial charge < -0.3 is 16.4 Å². The molecule has 28 heavy (non-hydrogen) atoms. The van der Waals surface area contributed by atoms with Crippen LogP contribution < -0.4 is 16.4 Å². The summed E-state index contributed by atoms with van der Waals surface area (Å²) in [6, 6.07) is 1.76. The normalized spacial score (nSPS) is 28.8. The van der Waals surface area contributed by atoms with Gasteiger partial charge in [-0.1, -0.05) is 20.8 Å². The highest BCUT2D eigenvalue weighted by Gasteiger charge is 2.53. The Balaban J connectivity index is 1.90. The van der Waals surface area contributed by atoms with Crippen molar-refractivity contribution in [2.24, 2.45) is 23.0 Å². The Labute approximate surface area is 163 Å². The third kappa shape index (κ3) is 4.17. The maximum atomic E-state index is 12.9. The number of rotatable bonds is 4. The minimum atomic E-state index is -4.44. The molecule has 2 fully saturated rings. The number of aromatic nitrogens is 1. The fraction of sp³-hybridized carbons (Fsp3) is 0.700. The highest BCUT2D eigenvalue weighted by Crippen LogP contribution is 2.48. The van der Waals surface area contributed by atoms with Crippen LogP contribution in [0.25, 0.3) is 0 Å². The van der Waals surface area contributed by atoms with Gasteiger partial charge in [-0.2, -0.15) is 13.2 Å². The van der Waals surface area contributed by atoms with E-state index in [1.807, 2.05) is 20.8 Å². The lowest BCUT2D eigenvalue weighted by Crippen LogP contribution is -2.55. The highest BCUT2D eigenvalue weighted by molar-refractivity contribution is 5.82. The van der Waals surface area contributed by atoms with Crippen molar-refractivity contribution in [2.45, 2.75) is 57.8 Å². The summed E-state index contributed by atoms with van der Waals surface area (Å²) in [7, 11) is 0. The van der Waals surface area contributed by atoms with Crippen molar-refractivity contribution >= 4 is 5.91 Å². The number of nitrogens with one attached hydrogen (secondary N) is 2. The third-order valence-corrected chi connectivity index (χ3v) is 5.95. The maximum absolute atomic E-state index is 12.9. The molecule has 1 amide bonds. The molecule has 0 unspecified atom stereocenters. The summed E-state index contributed by atoms with van der Waals surface area (Å²) in [4.78, 5) is 17.0. The Hall–Kier alpha value is -1.67. The molecule has 1 aliphatic heterocycles. The van der Waals surface area contributed by atoms with E-state index in [1.165, 1.54) is 6.07 Å². The van der Waals surface area contributed by atoms with E-state index in [4.69, 9.17) is 5.73 Å². The SMILES string of the molecule is CC(C)(C)C[C@H](N)C(=O)N[C@@]1(c2ccc(C(F)(F)F)cn2)CC[C@@H]2CNC[C@@H]21. The number of carbonyl (C=O) groups is 1. The average molecular weight is 398 g/mol. The molecule has 3 rings (SSSR count). The molecule has 4 N–H and O–H groups in total. The molecule has 4 atom stereocenters. The van der Waals surface area contributed by atoms with Crippen molar-refractivity contribution in [3.8, 4) is 0 Å². The summed E-state index contributed by atoms with van der Waals surface area (Å²) in [5, 5.41) is 6.45.